The number of ether oxygens (including phenoxy) is 1. The van der Waals surface area contributed by atoms with E-state index in [0.717, 1.165) is 32.5 Å². The number of aliphatic hydroxyl groups excluding tert-OH is 1. The van der Waals surface area contributed by atoms with Crippen LogP contribution in [0.1, 0.15) is 25.3 Å². The van der Waals surface area contributed by atoms with Crippen molar-refractivity contribution in [2.45, 2.75) is 32.3 Å². The van der Waals surface area contributed by atoms with Crippen molar-refractivity contribution in [3.8, 4) is 0 Å². The summed E-state index contributed by atoms with van der Waals surface area (Å²) < 4.78 is 5.22. The van der Waals surface area contributed by atoms with E-state index >= 15 is 0 Å². The van der Waals surface area contributed by atoms with Gasteiger partial charge in [-0.2, -0.15) is 0 Å². The molecule has 1 aromatic carbocycles. The molecule has 1 rings (SSSR count). The molecule has 2 nitrogen and oxygen atoms in total. The highest BCUT2D eigenvalue weighted by atomic mass is 16.5. The maximum atomic E-state index is 9.75. The molecule has 15 heavy (non-hydrogen) atoms. The molecule has 1 atom stereocenters. The molecule has 0 aliphatic heterocycles. The van der Waals surface area contributed by atoms with Gasteiger partial charge in [0.15, 0.2) is 0 Å². The van der Waals surface area contributed by atoms with E-state index in [1.807, 2.05) is 37.3 Å². The van der Waals surface area contributed by atoms with Gasteiger partial charge in [-0.3, -0.25) is 0 Å². The smallest absolute Gasteiger partial charge is 0.0581 e. The van der Waals surface area contributed by atoms with Crippen LogP contribution in [0.25, 0.3) is 0 Å². The molecule has 1 N–H and O–H groups in total. The molecule has 84 valence electrons. The summed E-state index contributed by atoms with van der Waals surface area (Å²) in [6.07, 6.45) is 2.25. The molecule has 0 fully saturated rings. The van der Waals surface area contributed by atoms with Gasteiger partial charge in [-0.05, 0) is 31.7 Å². The quantitative estimate of drug-likeness (QED) is 0.697. The number of hydrogen-bond donors (Lipinski definition) is 1. The van der Waals surface area contributed by atoms with Crippen LogP contribution in [0.3, 0.4) is 0 Å². The van der Waals surface area contributed by atoms with Gasteiger partial charge in [0.05, 0.1) is 6.10 Å². The Kier molecular flexibility index (Phi) is 6.05. The van der Waals surface area contributed by atoms with E-state index in [-0.39, 0.29) is 6.10 Å². The third kappa shape index (κ3) is 5.55. The second-order valence-corrected chi connectivity index (χ2v) is 3.68. The van der Waals surface area contributed by atoms with Gasteiger partial charge in [0.1, 0.15) is 0 Å². The molecule has 0 saturated carbocycles. The van der Waals surface area contributed by atoms with Crippen LogP contribution in [0.15, 0.2) is 30.3 Å². The SMILES string of the molecule is CCOCCCC(O)Cc1ccccc1. The van der Waals surface area contributed by atoms with Crippen LogP contribution >= 0.6 is 0 Å². The van der Waals surface area contributed by atoms with Crippen LogP contribution in [-0.2, 0) is 11.2 Å². The Morgan fingerprint density at radius 3 is 2.67 bits per heavy atom. The summed E-state index contributed by atoms with van der Waals surface area (Å²) in [6.45, 7) is 3.50. The number of aliphatic hydroxyl groups is 1. The van der Waals surface area contributed by atoms with Gasteiger partial charge in [0, 0.05) is 13.2 Å². The molecule has 0 spiro atoms. The molecule has 0 aromatic heterocycles. The molecule has 0 amide bonds. The lowest BCUT2D eigenvalue weighted by Crippen LogP contribution is -2.11. The Morgan fingerprint density at radius 1 is 1.27 bits per heavy atom. The van der Waals surface area contributed by atoms with Gasteiger partial charge in [0.25, 0.3) is 0 Å². The summed E-state index contributed by atoms with van der Waals surface area (Å²) in [5.74, 6) is 0. The zero-order chi connectivity index (χ0) is 10.9. The molecule has 0 aliphatic rings. The van der Waals surface area contributed by atoms with Crippen molar-refractivity contribution in [1.29, 1.82) is 0 Å². The molecule has 0 heterocycles. The van der Waals surface area contributed by atoms with Crippen LogP contribution in [0.2, 0.25) is 0 Å². The normalized spacial score (nSPS) is 12.7. The minimum atomic E-state index is -0.243. The highest BCUT2D eigenvalue weighted by Crippen LogP contribution is 2.07. The lowest BCUT2D eigenvalue weighted by Gasteiger charge is -2.10. The highest BCUT2D eigenvalue weighted by molar-refractivity contribution is 5.15. The fourth-order valence-corrected chi connectivity index (χ4v) is 1.55. The molecule has 1 aromatic rings. The molecule has 0 saturated heterocycles. The molecule has 0 bridgehead atoms. The third-order valence-electron chi connectivity index (χ3n) is 2.34. The molecule has 0 aliphatic carbocycles. The first-order valence-corrected chi connectivity index (χ1v) is 5.62. The van der Waals surface area contributed by atoms with Crippen molar-refractivity contribution >= 4 is 0 Å². The zero-order valence-corrected chi connectivity index (χ0v) is 9.36. The largest absolute Gasteiger partial charge is 0.393 e. The summed E-state index contributed by atoms with van der Waals surface area (Å²) in [4.78, 5) is 0. The van der Waals surface area contributed by atoms with Gasteiger partial charge in [0.2, 0.25) is 0 Å². The van der Waals surface area contributed by atoms with E-state index in [1.165, 1.54) is 5.56 Å². The van der Waals surface area contributed by atoms with E-state index in [9.17, 15) is 5.11 Å². The topological polar surface area (TPSA) is 29.5 Å². The fraction of sp³-hybridized carbons (Fsp3) is 0.538. The first-order valence-electron chi connectivity index (χ1n) is 5.62. The van der Waals surface area contributed by atoms with Crippen LogP contribution in [-0.4, -0.2) is 24.4 Å². The predicted octanol–water partition coefficient (Wildman–Crippen LogP) is 2.41. The first-order chi connectivity index (χ1) is 7.33. The van der Waals surface area contributed by atoms with Crippen molar-refractivity contribution in [3.63, 3.8) is 0 Å². The van der Waals surface area contributed by atoms with Crippen molar-refractivity contribution in [1.82, 2.24) is 0 Å². The monoisotopic (exact) mass is 208 g/mol. The van der Waals surface area contributed by atoms with Crippen LogP contribution in [0.4, 0.5) is 0 Å². The minimum absolute atomic E-state index is 0.243. The molecular weight excluding hydrogens is 188 g/mol. The van der Waals surface area contributed by atoms with E-state index < -0.39 is 0 Å². The molecule has 2 heteroatoms. The number of benzene rings is 1. The van der Waals surface area contributed by atoms with E-state index in [1.54, 1.807) is 0 Å². The summed E-state index contributed by atoms with van der Waals surface area (Å²) in [6, 6.07) is 10.1. The second kappa shape index (κ2) is 7.43. The first kappa shape index (κ1) is 12.2. The number of hydrogen-bond acceptors (Lipinski definition) is 2. The average molecular weight is 208 g/mol. The van der Waals surface area contributed by atoms with Crippen LogP contribution in [0, 0.1) is 0 Å². The Balaban J connectivity index is 2.16. The van der Waals surface area contributed by atoms with Gasteiger partial charge in [-0.1, -0.05) is 30.3 Å². The Bertz CT molecular complexity index is 246. The Hall–Kier alpha value is -0.860. The summed E-state index contributed by atoms with van der Waals surface area (Å²) in [5, 5.41) is 9.75. The number of rotatable bonds is 7. The van der Waals surface area contributed by atoms with Gasteiger partial charge in [-0.15, -0.1) is 0 Å². The van der Waals surface area contributed by atoms with Gasteiger partial charge in [-0.25, -0.2) is 0 Å². The Morgan fingerprint density at radius 2 is 2.00 bits per heavy atom. The van der Waals surface area contributed by atoms with Crippen LogP contribution in [0.5, 0.6) is 0 Å². The molecular formula is C13H20O2. The molecule has 0 radical (unpaired) electrons. The highest BCUT2D eigenvalue weighted by Gasteiger charge is 2.04. The van der Waals surface area contributed by atoms with E-state index in [0.29, 0.717) is 0 Å². The maximum absolute atomic E-state index is 9.75. The fourth-order valence-electron chi connectivity index (χ4n) is 1.55. The van der Waals surface area contributed by atoms with Gasteiger partial charge >= 0.3 is 0 Å². The zero-order valence-electron chi connectivity index (χ0n) is 9.36. The van der Waals surface area contributed by atoms with Crippen molar-refractivity contribution in [2.75, 3.05) is 13.2 Å². The lowest BCUT2D eigenvalue weighted by molar-refractivity contribution is 0.114. The van der Waals surface area contributed by atoms with E-state index in [2.05, 4.69) is 0 Å². The van der Waals surface area contributed by atoms with Crippen LogP contribution < -0.4 is 0 Å². The van der Waals surface area contributed by atoms with Gasteiger partial charge < -0.3 is 9.84 Å². The van der Waals surface area contributed by atoms with E-state index in [4.69, 9.17) is 4.74 Å². The van der Waals surface area contributed by atoms with Crippen molar-refractivity contribution in [3.05, 3.63) is 35.9 Å². The minimum Gasteiger partial charge on any atom is -0.393 e. The summed E-state index contributed by atoms with van der Waals surface area (Å²) >= 11 is 0. The second-order valence-electron chi connectivity index (χ2n) is 3.68. The Labute approximate surface area is 91.9 Å². The third-order valence-corrected chi connectivity index (χ3v) is 2.34. The predicted molar refractivity (Wildman–Crippen MR) is 61.9 cm³/mol. The molecule has 1 unspecified atom stereocenters. The summed E-state index contributed by atoms with van der Waals surface area (Å²) in [5.41, 5.74) is 1.20. The van der Waals surface area contributed by atoms with Crippen molar-refractivity contribution < 1.29 is 9.84 Å². The average Bonchev–Trinajstić information content (AvgIpc) is 2.26. The lowest BCUT2D eigenvalue weighted by atomic mass is 10.0. The van der Waals surface area contributed by atoms with Crippen molar-refractivity contribution in [2.24, 2.45) is 0 Å². The standard InChI is InChI=1S/C13H20O2/c1-2-15-10-6-9-13(14)11-12-7-4-3-5-8-12/h3-5,7-8,13-14H,2,6,9-11H2,1H3. The summed E-state index contributed by atoms with van der Waals surface area (Å²) in [7, 11) is 0. The maximum Gasteiger partial charge on any atom is 0.0581 e.